The van der Waals surface area contributed by atoms with E-state index in [2.05, 4.69) is 33.1 Å². The molecule has 0 bridgehead atoms. The van der Waals surface area contributed by atoms with Crippen molar-refractivity contribution in [3.05, 3.63) is 65.2 Å². The Bertz CT molecular complexity index is 684. The van der Waals surface area contributed by atoms with Gasteiger partial charge >= 0.3 is 0 Å². The Morgan fingerprint density at radius 3 is 2.52 bits per heavy atom. The molecule has 5 heteroatoms. The van der Waals surface area contributed by atoms with Gasteiger partial charge in [-0.05, 0) is 64.8 Å². The molecule has 0 radical (unpaired) electrons. The molecule has 0 heterocycles. The van der Waals surface area contributed by atoms with Crippen molar-refractivity contribution in [3.63, 3.8) is 0 Å². The molecule has 2 aromatic carbocycles. The minimum Gasteiger partial charge on any atom is -0.489 e. The number of carbonyl (C=O) groups is 1. The number of para-hydroxylation sites is 1. The van der Waals surface area contributed by atoms with Crippen LogP contribution in [0.2, 0.25) is 0 Å². The van der Waals surface area contributed by atoms with E-state index in [1.165, 1.54) is 0 Å². The lowest BCUT2D eigenvalue weighted by atomic mass is 10.3. The lowest BCUT2D eigenvalue weighted by Gasteiger charge is -2.10. The van der Waals surface area contributed by atoms with E-state index in [4.69, 9.17) is 4.74 Å². The minimum atomic E-state index is -0.112. The first-order chi connectivity index (χ1) is 11.0. The Hall–Kier alpha value is -2.27. The summed E-state index contributed by atoms with van der Waals surface area (Å²) in [5.74, 6) is 0.663. The number of benzene rings is 2. The van der Waals surface area contributed by atoms with Gasteiger partial charge in [-0.1, -0.05) is 18.7 Å². The molecule has 4 nitrogen and oxygen atoms in total. The van der Waals surface area contributed by atoms with Gasteiger partial charge in [0, 0.05) is 10.2 Å². The molecule has 0 aliphatic heterocycles. The zero-order valence-electron chi connectivity index (χ0n) is 12.9. The highest BCUT2D eigenvalue weighted by molar-refractivity contribution is 9.10. The monoisotopic (exact) mass is 374 g/mol. The van der Waals surface area contributed by atoms with Crippen LogP contribution in [0.5, 0.6) is 5.75 Å². The molecular formula is C18H19BrN2O2. The largest absolute Gasteiger partial charge is 0.489 e. The number of halogens is 1. The topological polar surface area (TPSA) is 50.4 Å². The molecule has 2 N–H and O–H groups in total. The van der Waals surface area contributed by atoms with E-state index < -0.39 is 0 Å². The maximum Gasteiger partial charge on any atom is 0.243 e. The molecule has 0 aliphatic carbocycles. The number of hydrogen-bond donors (Lipinski definition) is 2. The van der Waals surface area contributed by atoms with E-state index in [9.17, 15) is 4.79 Å². The predicted octanol–water partition coefficient (Wildman–Crippen LogP) is 4.45. The highest BCUT2D eigenvalue weighted by Gasteiger charge is 2.05. The highest BCUT2D eigenvalue weighted by atomic mass is 79.9. The molecule has 2 rings (SSSR count). The average molecular weight is 375 g/mol. The maximum absolute atomic E-state index is 12.0. The molecule has 0 saturated heterocycles. The lowest BCUT2D eigenvalue weighted by Crippen LogP contribution is -2.21. The Balaban J connectivity index is 1.82. The zero-order chi connectivity index (χ0) is 16.7. The van der Waals surface area contributed by atoms with E-state index in [0.29, 0.717) is 6.61 Å². The van der Waals surface area contributed by atoms with Crippen molar-refractivity contribution in [2.45, 2.75) is 6.92 Å². The van der Waals surface area contributed by atoms with E-state index in [1.54, 1.807) is 0 Å². The van der Waals surface area contributed by atoms with Crippen molar-refractivity contribution in [2.75, 3.05) is 23.8 Å². The number of nitrogens with one attached hydrogen (secondary N) is 2. The van der Waals surface area contributed by atoms with Crippen LogP contribution in [0, 0.1) is 0 Å². The maximum atomic E-state index is 12.0. The summed E-state index contributed by atoms with van der Waals surface area (Å²) in [6.45, 7) is 6.40. The number of amides is 1. The number of rotatable bonds is 7. The molecule has 23 heavy (non-hydrogen) atoms. The smallest absolute Gasteiger partial charge is 0.243 e. The Morgan fingerprint density at radius 2 is 1.87 bits per heavy atom. The van der Waals surface area contributed by atoms with Crippen LogP contribution >= 0.6 is 15.9 Å². The summed E-state index contributed by atoms with van der Waals surface area (Å²) < 4.78 is 6.38. The molecule has 0 spiro atoms. The molecular weight excluding hydrogens is 356 g/mol. The predicted molar refractivity (Wildman–Crippen MR) is 98.0 cm³/mol. The summed E-state index contributed by atoms with van der Waals surface area (Å²) in [6.07, 6.45) is 0. The van der Waals surface area contributed by atoms with E-state index in [0.717, 1.165) is 27.2 Å². The molecule has 0 fully saturated rings. The van der Waals surface area contributed by atoms with Gasteiger partial charge in [-0.25, -0.2) is 0 Å². The van der Waals surface area contributed by atoms with Crippen molar-refractivity contribution in [2.24, 2.45) is 0 Å². The SMILES string of the molecule is C=C(C)COc1ccc(NCC(=O)Nc2ccccc2Br)cc1. The van der Waals surface area contributed by atoms with Gasteiger partial charge in [0.1, 0.15) is 12.4 Å². The zero-order valence-corrected chi connectivity index (χ0v) is 14.5. The van der Waals surface area contributed by atoms with Gasteiger partial charge in [-0.3, -0.25) is 4.79 Å². The third-order valence-corrected chi connectivity index (χ3v) is 3.63. The summed E-state index contributed by atoms with van der Waals surface area (Å²) in [7, 11) is 0. The molecule has 0 aliphatic rings. The van der Waals surface area contributed by atoms with Crippen LogP contribution < -0.4 is 15.4 Å². The molecule has 0 unspecified atom stereocenters. The van der Waals surface area contributed by atoms with Crippen molar-refractivity contribution >= 4 is 33.2 Å². The van der Waals surface area contributed by atoms with E-state index >= 15 is 0 Å². The van der Waals surface area contributed by atoms with Crippen LogP contribution in [0.3, 0.4) is 0 Å². The summed E-state index contributed by atoms with van der Waals surface area (Å²) in [6, 6.07) is 15.0. The van der Waals surface area contributed by atoms with Crippen molar-refractivity contribution in [3.8, 4) is 5.75 Å². The van der Waals surface area contributed by atoms with Crippen LogP contribution in [-0.4, -0.2) is 19.1 Å². The fourth-order valence-electron chi connectivity index (χ4n) is 1.81. The normalized spacial score (nSPS) is 10.0. The Kier molecular flexibility index (Phi) is 6.23. The van der Waals surface area contributed by atoms with E-state index in [1.807, 2.05) is 55.5 Å². The molecule has 1 amide bonds. The quantitative estimate of drug-likeness (QED) is 0.703. The number of anilines is 2. The van der Waals surface area contributed by atoms with Crippen LogP contribution in [0.4, 0.5) is 11.4 Å². The minimum absolute atomic E-state index is 0.112. The Morgan fingerprint density at radius 1 is 1.17 bits per heavy atom. The number of hydrogen-bond acceptors (Lipinski definition) is 3. The van der Waals surface area contributed by atoms with Gasteiger partial charge in [-0.2, -0.15) is 0 Å². The van der Waals surface area contributed by atoms with Crippen LogP contribution in [0.1, 0.15) is 6.92 Å². The van der Waals surface area contributed by atoms with Crippen LogP contribution in [0.15, 0.2) is 65.2 Å². The second kappa shape index (κ2) is 8.39. The summed E-state index contributed by atoms with van der Waals surface area (Å²) in [5.41, 5.74) is 2.58. The summed E-state index contributed by atoms with van der Waals surface area (Å²) in [5, 5.41) is 5.92. The summed E-state index contributed by atoms with van der Waals surface area (Å²) >= 11 is 3.40. The van der Waals surface area contributed by atoms with Crippen molar-refractivity contribution < 1.29 is 9.53 Å². The Labute approximate surface area is 144 Å². The van der Waals surface area contributed by atoms with Gasteiger partial charge in [0.05, 0.1) is 12.2 Å². The fourth-order valence-corrected chi connectivity index (χ4v) is 2.20. The average Bonchev–Trinajstić information content (AvgIpc) is 2.54. The van der Waals surface area contributed by atoms with Gasteiger partial charge in [0.15, 0.2) is 0 Å². The number of carbonyl (C=O) groups excluding carboxylic acids is 1. The second-order valence-corrected chi connectivity index (χ2v) is 6.01. The van der Waals surface area contributed by atoms with Crippen molar-refractivity contribution in [1.29, 1.82) is 0 Å². The van der Waals surface area contributed by atoms with Gasteiger partial charge in [0.2, 0.25) is 5.91 Å². The molecule has 120 valence electrons. The van der Waals surface area contributed by atoms with Crippen LogP contribution in [-0.2, 0) is 4.79 Å². The van der Waals surface area contributed by atoms with Gasteiger partial charge < -0.3 is 15.4 Å². The molecule has 0 atom stereocenters. The van der Waals surface area contributed by atoms with E-state index in [-0.39, 0.29) is 12.5 Å². The first-order valence-electron chi connectivity index (χ1n) is 7.20. The number of ether oxygens (including phenoxy) is 1. The second-order valence-electron chi connectivity index (χ2n) is 5.15. The third-order valence-electron chi connectivity index (χ3n) is 2.94. The molecule has 0 saturated carbocycles. The third kappa shape index (κ3) is 5.79. The standard InChI is InChI=1S/C18H19BrN2O2/c1-13(2)12-23-15-9-7-14(8-10-15)20-11-18(22)21-17-6-4-3-5-16(17)19/h3-10,20H,1,11-12H2,2H3,(H,21,22). The first-order valence-corrected chi connectivity index (χ1v) is 7.99. The first kappa shape index (κ1) is 17.1. The summed E-state index contributed by atoms with van der Waals surface area (Å²) in [4.78, 5) is 12.0. The van der Waals surface area contributed by atoms with Crippen molar-refractivity contribution in [1.82, 2.24) is 0 Å². The highest BCUT2D eigenvalue weighted by Crippen LogP contribution is 2.21. The molecule has 0 aromatic heterocycles. The molecule has 2 aromatic rings. The lowest BCUT2D eigenvalue weighted by molar-refractivity contribution is -0.114. The fraction of sp³-hybridized carbons (Fsp3) is 0.167. The van der Waals surface area contributed by atoms with Crippen LogP contribution in [0.25, 0.3) is 0 Å². The van der Waals surface area contributed by atoms with Gasteiger partial charge in [-0.15, -0.1) is 0 Å². The van der Waals surface area contributed by atoms with Gasteiger partial charge in [0.25, 0.3) is 0 Å².